The molecule has 0 atom stereocenters. The zero-order chi connectivity index (χ0) is 15.6. The standard InChI is InChI=1S/C13H15ClN4O3/c1-17-4-5-18(13(21)12(17)20)7-11(19)16-8-2-3-9(14)10(15)6-8/h2-3,6H,4-5,7,15H2,1H3,(H,16,19). The van der Waals surface area contributed by atoms with Crippen molar-refractivity contribution in [3.63, 3.8) is 0 Å². The third kappa shape index (κ3) is 3.43. The average Bonchev–Trinajstić information content (AvgIpc) is 2.44. The Morgan fingerprint density at radius 3 is 2.71 bits per heavy atom. The van der Waals surface area contributed by atoms with Gasteiger partial charge in [-0.15, -0.1) is 0 Å². The number of nitrogens with one attached hydrogen (secondary N) is 1. The van der Waals surface area contributed by atoms with Crippen molar-refractivity contribution in [2.75, 3.05) is 37.7 Å². The number of piperazine rings is 1. The molecule has 0 radical (unpaired) electrons. The number of nitrogens with zero attached hydrogens (tertiary/aromatic N) is 2. The zero-order valence-electron chi connectivity index (χ0n) is 11.4. The summed E-state index contributed by atoms with van der Waals surface area (Å²) in [5.41, 5.74) is 6.47. The molecule has 1 aliphatic heterocycles. The molecule has 0 bridgehead atoms. The lowest BCUT2D eigenvalue weighted by Gasteiger charge is -2.30. The van der Waals surface area contributed by atoms with Gasteiger partial charge in [0.2, 0.25) is 5.91 Å². The Hall–Kier alpha value is -2.28. The van der Waals surface area contributed by atoms with Gasteiger partial charge in [0.15, 0.2) is 0 Å². The minimum Gasteiger partial charge on any atom is -0.397 e. The molecule has 0 saturated carbocycles. The molecule has 0 aliphatic carbocycles. The van der Waals surface area contributed by atoms with Crippen LogP contribution in [-0.2, 0) is 14.4 Å². The molecule has 3 N–H and O–H groups in total. The van der Waals surface area contributed by atoms with E-state index in [0.717, 1.165) is 0 Å². The van der Waals surface area contributed by atoms with Crippen LogP contribution in [0.3, 0.4) is 0 Å². The van der Waals surface area contributed by atoms with Crippen LogP contribution >= 0.6 is 11.6 Å². The van der Waals surface area contributed by atoms with Gasteiger partial charge in [0.25, 0.3) is 0 Å². The molecule has 1 saturated heterocycles. The summed E-state index contributed by atoms with van der Waals surface area (Å²) in [7, 11) is 1.55. The average molecular weight is 311 g/mol. The Morgan fingerprint density at radius 2 is 2.05 bits per heavy atom. The van der Waals surface area contributed by atoms with E-state index in [0.29, 0.717) is 29.5 Å². The second-order valence-electron chi connectivity index (χ2n) is 4.74. The molecular formula is C13H15ClN4O3. The lowest BCUT2D eigenvalue weighted by atomic mass is 10.2. The first-order valence-corrected chi connectivity index (χ1v) is 6.65. The van der Waals surface area contributed by atoms with Crippen molar-refractivity contribution in [2.45, 2.75) is 0 Å². The summed E-state index contributed by atoms with van der Waals surface area (Å²) in [6.07, 6.45) is 0. The molecule has 0 aromatic heterocycles. The third-order valence-corrected chi connectivity index (χ3v) is 3.48. The Bertz CT molecular complexity index is 605. The Labute approximate surface area is 126 Å². The first kappa shape index (κ1) is 15.1. The molecule has 21 heavy (non-hydrogen) atoms. The van der Waals surface area contributed by atoms with Crippen molar-refractivity contribution in [1.29, 1.82) is 0 Å². The molecule has 2 rings (SSSR count). The number of likely N-dealkylation sites (N-methyl/N-ethyl adjacent to an activating group) is 1. The smallest absolute Gasteiger partial charge is 0.312 e. The van der Waals surface area contributed by atoms with Gasteiger partial charge in [-0.2, -0.15) is 0 Å². The number of nitrogens with two attached hydrogens (primary N) is 1. The van der Waals surface area contributed by atoms with Crippen LogP contribution in [0.2, 0.25) is 5.02 Å². The second kappa shape index (κ2) is 6.01. The van der Waals surface area contributed by atoms with Crippen LogP contribution in [0.4, 0.5) is 11.4 Å². The van der Waals surface area contributed by atoms with Crippen molar-refractivity contribution in [3.8, 4) is 0 Å². The topological polar surface area (TPSA) is 95.7 Å². The van der Waals surface area contributed by atoms with Gasteiger partial charge in [-0.3, -0.25) is 14.4 Å². The van der Waals surface area contributed by atoms with Crippen molar-refractivity contribution >= 4 is 40.7 Å². The van der Waals surface area contributed by atoms with E-state index in [2.05, 4.69) is 5.32 Å². The fourth-order valence-electron chi connectivity index (χ4n) is 1.92. The lowest BCUT2D eigenvalue weighted by Crippen LogP contribution is -2.54. The van der Waals surface area contributed by atoms with Gasteiger partial charge < -0.3 is 20.9 Å². The summed E-state index contributed by atoms with van der Waals surface area (Å²) in [6, 6.07) is 4.70. The van der Waals surface area contributed by atoms with Crippen LogP contribution in [0.25, 0.3) is 0 Å². The maximum Gasteiger partial charge on any atom is 0.312 e. The van der Waals surface area contributed by atoms with Crippen LogP contribution in [0.15, 0.2) is 18.2 Å². The van der Waals surface area contributed by atoms with Crippen LogP contribution in [0.1, 0.15) is 0 Å². The minimum absolute atomic E-state index is 0.180. The van der Waals surface area contributed by atoms with Gasteiger partial charge in [-0.1, -0.05) is 11.6 Å². The summed E-state index contributed by atoms with van der Waals surface area (Å²) in [5.74, 6) is -1.68. The summed E-state index contributed by atoms with van der Waals surface area (Å²) in [5, 5.41) is 3.00. The first-order valence-electron chi connectivity index (χ1n) is 6.27. The number of nitrogen functional groups attached to an aromatic ring is 1. The van der Waals surface area contributed by atoms with E-state index in [4.69, 9.17) is 17.3 Å². The van der Waals surface area contributed by atoms with E-state index < -0.39 is 17.7 Å². The number of hydrogen-bond acceptors (Lipinski definition) is 4. The molecule has 1 fully saturated rings. The molecule has 8 heteroatoms. The fraction of sp³-hybridized carbons (Fsp3) is 0.308. The summed E-state index contributed by atoms with van der Waals surface area (Å²) < 4.78 is 0. The highest BCUT2D eigenvalue weighted by molar-refractivity contribution is 6.35. The van der Waals surface area contributed by atoms with Gasteiger partial charge in [0, 0.05) is 25.8 Å². The van der Waals surface area contributed by atoms with Crippen molar-refractivity contribution in [2.24, 2.45) is 0 Å². The van der Waals surface area contributed by atoms with Crippen molar-refractivity contribution in [3.05, 3.63) is 23.2 Å². The van der Waals surface area contributed by atoms with E-state index in [1.165, 1.54) is 15.9 Å². The Balaban J connectivity index is 1.97. The molecule has 0 spiro atoms. The number of halogens is 1. The van der Waals surface area contributed by atoms with Crippen LogP contribution in [0, 0.1) is 0 Å². The van der Waals surface area contributed by atoms with Crippen LogP contribution in [0.5, 0.6) is 0 Å². The van der Waals surface area contributed by atoms with Gasteiger partial charge in [-0.25, -0.2) is 0 Å². The highest BCUT2D eigenvalue weighted by atomic mass is 35.5. The normalized spacial score (nSPS) is 15.3. The molecule has 7 nitrogen and oxygen atoms in total. The summed E-state index contributed by atoms with van der Waals surface area (Å²) in [6.45, 7) is 0.559. The first-order chi connectivity index (χ1) is 9.88. The minimum atomic E-state index is -0.672. The SMILES string of the molecule is CN1CCN(CC(=O)Nc2ccc(Cl)c(N)c2)C(=O)C1=O. The van der Waals surface area contributed by atoms with Crippen molar-refractivity contribution in [1.82, 2.24) is 9.80 Å². The molecular weight excluding hydrogens is 296 g/mol. The van der Waals surface area contributed by atoms with Crippen LogP contribution < -0.4 is 11.1 Å². The van der Waals surface area contributed by atoms with Gasteiger partial charge in [0.05, 0.1) is 10.7 Å². The van der Waals surface area contributed by atoms with Crippen molar-refractivity contribution < 1.29 is 14.4 Å². The number of anilines is 2. The van der Waals surface area contributed by atoms with E-state index in [1.54, 1.807) is 19.2 Å². The van der Waals surface area contributed by atoms with Gasteiger partial charge >= 0.3 is 11.8 Å². The predicted molar refractivity (Wildman–Crippen MR) is 78.7 cm³/mol. The third-order valence-electron chi connectivity index (χ3n) is 3.14. The van der Waals surface area contributed by atoms with E-state index in [-0.39, 0.29) is 6.54 Å². The van der Waals surface area contributed by atoms with Gasteiger partial charge in [0.1, 0.15) is 6.54 Å². The molecule has 1 aromatic rings. The molecule has 1 heterocycles. The number of carbonyl (C=O) groups is 3. The number of carbonyl (C=O) groups excluding carboxylic acids is 3. The highest BCUT2D eigenvalue weighted by Gasteiger charge is 2.31. The van der Waals surface area contributed by atoms with E-state index in [9.17, 15) is 14.4 Å². The second-order valence-corrected chi connectivity index (χ2v) is 5.15. The number of hydrogen-bond donors (Lipinski definition) is 2. The monoisotopic (exact) mass is 310 g/mol. The largest absolute Gasteiger partial charge is 0.397 e. The van der Waals surface area contributed by atoms with Gasteiger partial charge in [-0.05, 0) is 18.2 Å². The van der Waals surface area contributed by atoms with E-state index in [1.807, 2.05) is 0 Å². The fourth-order valence-corrected chi connectivity index (χ4v) is 2.04. The Kier molecular flexibility index (Phi) is 4.32. The summed E-state index contributed by atoms with van der Waals surface area (Å²) in [4.78, 5) is 37.7. The highest BCUT2D eigenvalue weighted by Crippen LogP contribution is 2.22. The molecule has 3 amide bonds. The Morgan fingerprint density at radius 1 is 1.33 bits per heavy atom. The number of rotatable bonds is 3. The molecule has 0 unspecified atom stereocenters. The van der Waals surface area contributed by atoms with Crippen LogP contribution in [-0.4, -0.2) is 54.2 Å². The summed E-state index contributed by atoms with van der Waals surface area (Å²) >= 11 is 5.79. The zero-order valence-corrected chi connectivity index (χ0v) is 12.2. The molecule has 1 aliphatic rings. The van der Waals surface area contributed by atoms with E-state index >= 15 is 0 Å². The number of benzene rings is 1. The maximum atomic E-state index is 11.9. The quantitative estimate of drug-likeness (QED) is 0.614. The number of amides is 3. The predicted octanol–water partition coefficient (Wildman–Crippen LogP) is 0.161. The lowest BCUT2D eigenvalue weighted by molar-refractivity contribution is -0.155. The molecule has 112 valence electrons. The maximum absolute atomic E-state index is 11.9. The molecule has 1 aromatic carbocycles.